The number of amides is 1. The maximum atomic E-state index is 12.5. The Balaban J connectivity index is 1.75. The molecule has 4 aromatic rings. The summed E-state index contributed by atoms with van der Waals surface area (Å²) in [5.74, 6) is -0.176. The second-order valence-electron chi connectivity index (χ2n) is 5.50. The van der Waals surface area contributed by atoms with Crippen LogP contribution in [0.15, 0.2) is 72.8 Å². The summed E-state index contributed by atoms with van der Waals surface area (Å²) >= 11 is 7.73. The van der Waals surface area contributed by atoms with Crippen LogP contribution in [-0.2, 0) is 0 Å². The maximum Gasteiger partial charge on any atom is 0.255 e. The summed E-state index contributed by atoms with van der Waals surface area (Å²) < 4.78 is 1.10. The van der Waals surface area contributed by atoms with Gasteiger partial charge in [-0.3, -0.25) is 4.79 Å². The van der Waals surface area contributed by atoms with E-state index in [4.69, 9.17) is 11.6 Å². The highest BCUT2D eigenvalue weighted by Crippen LogP contribution is 2.36. The van der Waals surface area contributed by atoms with Crippen molar-refractivity contribution in [1.29, 1.82) is 0 Å². The summed E-state index contributed by atoms with van der Waals surface area (Å²) in [5, 5.41) is 4.37. The van der Waals surface area contributed by atoms with Gasteiger partial charge >= 0.3 is 0 Å². The van der Waals surface area contributed by atoms with E-state index in [2.05, 4.69) is 10.3 Å². The van der Waals surface area contributed by atoms with Crippen LogP contribution in [0.2, 0.25) is 5.02 Å². The zero-order chi connectivity index (χ0) is 17.2. The first-order valence-corrected chi connectivity index (χ1v) is 8.92. The number of nitrogens with one attached hydrogen (secondary N) is 1. The minimum atomic E-state index is -0.176. The van der Waals surface area contributed by atoms with E-state index in [1.54, 1.807) is 35.6 Å². The zero-order valence-electron chi connectivity index (χ0n) is 13.1. The SMILES string of the molecule is O=C(Nc1cc(Cl)ccc1-c1nc2ccccc2s1)c1ccccc1. The van der Waals surface area contributed by atoms with Gasteiger partial charge in [0.2, 0.25) is 0 Å². The van der Waals surface area contributed by atoms with Crippen LogP contribution in [0.4, 0.5) is 5.69 Å². The molecular weight excluding hydrogens is 352 g/mol. The van der Waals surface area contributed by atoms with Crippen molar-refractivity contribution in [3.8, 4) is 10.6 Å². The quantitative estimate of drug-likeness (QED) is 0.494. The normalized spacial score (nSPS) is 10.8. The molecule has 122 valence electrons. The molecule has 3 aromatic carbocycles. The summed E-state index contributed by atoms with van der Waals surface area (Å²) in [6.45, 7) is 0. The van der Waals surface area contributed by atoms with Gasteiger partial charge in [0, 0.05) is 16.1 Å². The Morgan fingerprint density at radius 1 is 0.960 bits per heavy atom. The van der Waals surface area contributed by atoms with Gasteiger partial charge in [0.25, 0.3) is 5.91 Å². The van der Waals surface area contributed by atoms with Crippen LogP contribution in [0.1, 0.15) is 10.4 Å². The van der Waals surface area contributed by atoms with Gasteiger partial charge in [-0.2, -0.15) is 0 Å². The molecule has 0 aliphatic heterocycles. The number of aromatic nitrogens is 1. The molecule has 3 nitrogen and oxygen atoms in total. The lowest BCUT2D eigenvalue weighted by Crippen LogP contribution is -2.12. The van der Waals surface area contributed by atoms with Crippen molar-refractivity contribution in [2.24, 2.45) is 0 Å². The van der Waals surface area contributed by atoms with Crippen LogP contribution < -0.4 is 5.32 Å². The molecule has 1 amide bonds. The number of hydrogen-bond acceptors (Lipinski definition) is 3. The lowest BCUT2D eigenvalue weighted by Gasteiger charge is -2.10. The molecule has 0 bridgehead atoms. The Bertz CT molecular complexity index is 1030. The third-order valence-electron chi connectivity index (χ3n) is 3.79. The first-order chi connectivity index (χ1) is 12.2. The smallest absolute Gasteiger partial charge is 0.255 e. The number of anilines is 1. The monoisotopic (exact) mass is 364 g/mol. The highest BCUT2D eigenvalue weighted by Gasteiger charge is 2.14. The van der Waals surface area contributed by atoms with Crippen molar-refractivity contribution in [3.63, 3.8) is 0 Å². The molecule has 0 spiro atoms. The summed E-state index contributed by atoms with van der Waals surface area (Å²) in [4.78, 5) is 17.2. The zero-order valence-corrected chi connectivity index (χ0v) is 14.6. The molecule has 0 aliphatic carbocycles. The number of carbonyl (C=O) groups excluding carboxylic acids is 1. The van der Waals surface area contributed by atoms with Gasteiger partial charge in [-0.1, -0.05) is 41.9 Å². The number of halogens is 1. The fourth-order valence-electron chi connectivity index (χ4n) is 2.58. The molecule has 1 aromatic heterocycles. The Morgan fingerprint density at radius 2 is 1.72 bits per heavy atom. The molecule has 5 heteroatoms. The van der Waals surface area contributed by atoms with Crippen LogP contribution in [0.25, 0.3) is 20.8 Å². The van der Waals surface area contributed by atoms with E-state index in [-0.39, 0.29) is 5.91 Å². The van der Waals surface area contributed by atoms with Crippen LogP contribution in [0.5, 0.6) is 0 Å². The highest BCUT2D eigenvalue weighted by molar-refractivity contribution is 7.21. The third kappa shape index (κ3) is 3.27. The largest absolute Gasteiger partial charge is 0.321 e. The second kappa shape index (κ2) is 6.67. The first kappa shape index (κ1) is 15.8. The minimum Gasteiger partial charge on any atom is -0.321 e. The number of carbonyl (C=O) groups is 1. The summed E-state index contributed by atoms with van der Waals surface area (Å²) in [5.41, 5.74) is 3.05. The predicted molar refractivity (Wildman–Crippen MR) is 104 cm³/mol. The second-order valence-corrected chi connectivity index (χ2v) is 6.96. The lowest BCUT2D eigenvalue weighted by molar-refractivity contribution is 0.102. The third-order valence-corrected chi connectivity index (χ3v) is 5.09. The van der Waals surface area contributed by atoms with E-state index in [9.17, 15) is 4.79 Å². The highest BCUT2D eigenvalue weighted by atomic mass is 35.5. The van der Waals surface area contributed by atoms with Gasteiger partial charge in [-0.15, -0.1) is 11.3 Å². The fourth-order valence-corrected chi connectivity index (χ4v) is 3.76. The maximum absolute atomic E-state index is 12.5. The van der Waals surface area contributed by atoms with Gasteiger partial charge in [0.1, 0.15) is 5.01 Å². The molecule has 0 saturated carbocycles. The number of rotatable bonds is 3. The average molecular weight is 365 g/mol. The number of nitrogens with zero attached hydrogens (tertiary/aromatic N) is 1. The number of hydrogen-bond donors (Lipinski definition) is 1. The molecule has 0 fully saturated rings. The van der Waals surface area contributed by atoms with Crippen LogP contribution in [0, 0.1) is 0 Å². The summed E-state index contributed by atoms with van der Waals surface area (Å²) in [6.07, 6.45) is 0. The van der Waals surface area contributed by atoms with Crippen molar-refractivity contribution in [2.45, 2.75) is 0 Å². The topological polar surface area (TPSA) is 42.0 Å². The number of para-hydroxylation sites is 1. The van der Waals surface area contributed by atoms with Crippen molar-refractivity contribution in [1.82, 2.24) is 4.98 Å². The van der Waals surface area contributed by atoms with Gasteiger partial charge in [0.15, 0.2) is 0 Å². The molecule has 25 heavy (non-hydrogen) atoms. The number of fused-ring (bicyclic) bond motifs is 1. The van der Waals surface area contributed by atoms with Crippen molar-refractivity contribution in [3.05, 3.63) is 83.4 Å². The van der Waals surface area contributed by atoms with E-state index in [1.807, 2.05) is 48.5 Å². The van der Waals surface area contributed by atoms with E-state index in [1.165, 1.54) is 0 Å². The van der Waals surface area contributed by atoms with Gasteiger partial charge in [-0.05, 0) is 42.5 Å². The Kier molecular flexibility index (Phi) is 4.22. The molecule has 0 radical (unpaired) electrons. The van der Waals surface area contributed by atoms with E-state index >= 15 is 0 Å². The number of thiazole rings is 1. The Morgan fingerprint density at radius 3 is 2.52 bits per heavy atom. The molecule has 0 saturated heterocycles. The van der Waals surface area contributed by atoms with Gasteiger partial charge in [0.05, 0.1) is 15.9 Å². The minimum absolute atomic E-state index is 0.176. The molecular formula is C20H13ClN2OS. The molecule has 4 rings (SSSR count). The first-order valence-electron chi connectivity index (χ1n) is 7.72. The standard InChI is InChI=1S/C20H13ClN2OS/c21-14-10-11-15(20-23-16-8-4-5-9-18(16)25-20)17(12-14)22-19(24)13-6-2-1-3-7-13/h1-12H,(H,22,24). The molecule has 1 N–H and O–H groups in total. The average Bonchev–Trinajstić information content (AvgIpc) is 3.06. The molecule has 0 aliphatic rings. The van der Waals surface area contributed by atoms with Crippen LogP contribution in [0.3, 0.4) is 0 Å². The molecule has 1 heterocycles. The van der Waals surface area contributed by atoms with E-state index in [0.29, 0.717) is 16.3 Å². The Labute approximate surface area is 153 Å². The van der Waals surface area contributed by atoms with Gasteiger partial charge in [-0.25, -0.2) is 4.98 Å². The van der Waals surface area contributed by atoms with Crippen molar-refractivity contribution < 1.29 is 4.79 Å². The fraction of sp³-hybridized carbons (Fsp3) is 0. The summed E-state index contributed by atoms with van der Waals surface area (Å²) in [6, 6.07) is 22.5. The Hall–Kier alpha value is -2.69. The molecule has 0 atom stereocenters. The van der Waals surface area contributed by atoms with Crippen LogP contribution >= 0.6 is 22.9 Å². The van der Waals surface area contributed by atoms with E-state index in [0.717, 1.165) is 20.8 Å². The lowest BCUT2D eigenvalue weighted by atomic mass is 10.1. The molecule has 0 unspecified atom stereocenters. The van der Waals surface area contributed by atoms with Gasteiger partial charge < -0.3 is 5.32 Å². The number of benzene rings is 3. The summed E-state index contributed by atoms with van der Waals surface area (Å²) in [7, 11) is 0. The van der Waals surface area contributed by atoms with E-state index < -0.39 is 0 Å². The van der Waals surface area contributed by atoms with Crippen LogP contribution in [-0.4, -0.2) is 10.9 Å². The predicted octanol–water partition coefficient (Wildman–Crippen LogP) is 5.87. The van der Waals surface area contributed by atoms with Crippen molar-refractivity contribution in [2.75, 3.05) is 5.32 Å². The van der Waals surface area contributed by atoms with Crippen molar-refractivity contribution >= 4 is 44.7 Å².